The van der Waals surface area contributed by atoms with Crippen LogP contribution in [-0.2, 0) is 4.79 Å². The molecule has 2 N–H and O–H groups in total. The Kier molecular flexibility index (Phi) is 3.21. The maximum Gasteiger partial charge on any atom is 0.286 e. The minimum absolute atomic E-state index is 0.135. The van der Waals surface area contributed by atoms with Crippen molar-refractivity contribution in [1.82, 2.24) is 10.1 Å². The molecule has 6 heteroatoms. The van der Waals surface area contributed by atoms with Crippen LogP contribution >= 0.6 is 11.8 Å². The van der Waals surface area contributed by atoms with E-state index in [0.717, 1.165) is 17.3 Å². The fourth-order valence-electron chi connectivity index (χ4n) is 1.11. The first-order valence-electron chi connectivity index (χ1n) is 4.56. The Hall–Kier alpha value is -1.82. The molecule has 1 aromatic carbocycles. The van der Waals surface area contributed by atoms with E-state index in [1.165, 1.54) is 0 Å². The van der Waals surface area contributed by atoms with E-state index in [4.69, 9.17) is 10.3 Å². The van der Waals surface area contributed by atoms with Crippen molar-refractivity contribution in [3.63, 3.8) is 0 Å². The van der Waals surface area contributed by atoms with Gasteiger partial charge in [-0.15, -0.1) is 0 Å². The SMILES string of the molecule is NC(=O)CSc1nc(-c2ccccc2)no1. The highest BCUT2D eigenvalue weighted by Gasteiger charge is 2.09. The summed E-state index contributed by atoms with van der Waals surface area (Å²) in [5.41, 5.74) is 5.88. The zero-order chi connectivity index (χ0) is 11.4. The number of nitrogens with two attached hydrogens (primary N) is 1. The van der Waals surface area contributed by atoms with Gasteiger partial charge in [-0.25, -0.2) is 0 Å². The number of aromatic nitrogens is 2. The summed E-state index contributed by atoms with van der Waals surface area (Å²) in [6, 6.07) is 9.46. The van der Waals surface area contributed by atoms with Crippen molar-refractivity contribution in [2.45, 2.75) is 5.22 Å². The lowest BCUT2D eigenvalue weighted by atomic mass is 10.2. The van der Waals surface area contributed by atoms with Crippen molar-refractivity contribution < 1.29 is 9.32 Å². The fraction of sp³-hybridized carbons (Fsp3) is 0.100. The molecule has 2 rings (SSSR count). The zero-order valence-corrected chi connectivity index (χ0v) is 9.11. The standard InChI is InChI=1S/C10H9N3O2S/c11-8(14)6-16-10-12-9(13-15-10)7-4-2-1-3-5-7/h1-5H,6H2,(H2,11,14). The lowest BCUT2D eigenvalue weighted by Crippen LogP contribution is -2.12. The highest BCUT2D eigenvalue weighted by atomic mass is 32.2. The maximum atomic E-state index is 10.6. The summed E-state index contributed by atoms with van der Waals surface area (Å²) >= 11 is 1.13. The average Bonchev–Trinajstić information content (AvgIpc) is 2.76. The third kappa shape index (κ3) is 2.60. The number of carbonyl (C=O) groups is 1. The Morgan fingerprint density at radius 1 is 1.38 bits per heavy atom. The van der Waals surface area contributed by atoms with Gasteiger partial charge in [0.1, 0.15) is 0 Å². The first-order chi connectivity index (χ1) is 7.75. The monoisotopic (exact) mass is 235 g/mol. The van der Waals surface area contributed by atoms with Crippen LogP contribution in [0.3, 0.4) is 0 Å². The number of amides is 1. The predicted octanol–water partition coefficient (Wildman–Crippen LogP) is 1.31. The van der Waals surface area contributed by atoms with Crippen LogP contribution in [0.2, 0.25) is 0 Å². The highest BCUT2D eigenvalue weighted by Crippen LogP contribution is 2.20. The van der Waals surface area contributed by atoms with Crippen LogP contribution in [0.4, 0.5) is 0 Å². The van der Waals surface area contributed by atoms with Gasteiger partial charge in [0, 0.05) is 5.56 Å². The molecule has 1 amide bonds. The van der Waals surface area contributed by atoms with E-state index in [-0.39, 0.29) is 5.75 Å². The third-order valence-corrected chi connectivity index (χ3v) is 2.62. The second-order valence-corrected chi connectivity index (χ2v) is 3.93. The van der Waals surface area contributed by atoms with Gasteiger partial charge in [-0.2, -0.15) is 4.98 Å². The lowest BCUT2D eigenvalue weighted by molar-refractivity contribution is -0.115. The van der Waals surface area contributed by atoms with Gasteiger partial charge in [0.25, 0.3) is 5.22 Å². The summed E-state index contributed by atoms with van der Waals surface area (Å²) in [5.74, 6) is 0.230. The predicted molar refractivity (Wildman–Crippen MR) is 59.7 cm³/mol. The summed E-state index contributed by atoms with van der Waals surface area (Å²) < 4.78 is 4.96. The van der Waals surface area contributed by atoms with Crippen molar-refractivity contribution in [3.8, 4) is 11.4 Å². The van der Waals surface area contributed by atoms with Gasteiger partial charge >= 0.3 is 0 Å². The molecule has 0 radical (unpaired) electrons. The van der Waals surface area contributed by atoms with Crippen molar-refractivity contribution in [2.24, 2.45) is 5.73 Å². The summed E-state index contributed by atoms with van der Waals surface area (Å²) in [6.45, 7) is 0. The first-order valence-corrected chi connectivity index (χ1v) is 5.54. The number of nitrogens with zero attached hydrogens (tertiary/aromatic N) is 2. The van der Waals surface area contributed by atoms with Gasteiger partial charge < -0.3 is 10.3 Å². The second kappa shape index (κ2) is 4.80. The molecular weight excluding hydrogens is 226 g/mol. The Balaban J connectivity index is 2.11. The number of hydrogen-bond donors (Lipinski definition) is 1. The van der Waals surface area contributed by atoms with E-state index in [1.54, 1.807) is 0 Å². The van der Waals surface area contributed by atoms with Gasteiger partial charge in [0.15, 0.2) is 0 Å². The molecular formula is C10H9N3O2S. The number of primary amides is 1. The zero-order valence-electron chi connectivity index (χ0n) is 8.29. The van der Waals surface area contributed by atoms with Gasteiger partial charge in [-0.05, 0) is 0 Å². The minimum atomic E-state index is -0.413. The number of rotatable bonds is 4. The maximum absolute atomic E-state index is 10.6. The van der Waals surface area contributed by atoms with E-state index in [1.807, 2.05) is 30.3 Å². The van der Waals surface area contributed by atoms with Crippen LogP contribution in [0.5, 0.6) is 0 Å². The summed E-state index contributed by atoms with van der Waals surface area (Å²) in [5, 5.41) is 4.15. The molecule has 1 heterocycles. The molecule has 0 fully saturated rings. The average molecular weight is 235 g/mol. The number of thioether (sulfide) groups is 1. The number of hydrogen-bond acceptors (Lipinski definition) is 5. The molecule has 2 aromatic rings. The molecule has 82 valence electrons. The number of benzene rings is 1. The Labute approximate surface area is 96.0 Å². The molecule has 16 heavy (non-hydrogen) atoms. The third-order valence-electron chi connectivity index (χ3n) is 1.78. The Bertz CT molecular complexity index is 484. The van der Waals surface area contributed by atoms with E-state index in [0.29, 0.717) is 11.0 Å². The molecule has 1 aromatic heterocycles. The van der Waals surface area contributed by atoms with E-state index < -0.39 is 5.91 Å². The van der Waals surface area contributed by atoms with Crippen LogP contribution in [0.25, 0.3) is 11.4 Å². The highest BCUT2D eigenvalue weighted by molar-refractivity contribution is 7.99. The van der Waals surface area contributed by atoms with Crippen LogP contribution in [0.15, 0.2) is 40.1 Å². The van der Waals surface area contributed by atoms with Gasteiger partial charge in [0.05, 0.1) is 5.75 Å². The summed E-state index contributed by atoms with van der Waals surface area (Å²) in [6.07, 6.45) is 0. The topological polar surface area (TPSA) is 82.0 Å². The largest absolute Gasteiger partial charge is 0.369 e. The van der Waals surface area contributed by atoms with E-state index >= 15 is 0 Å². The quantitative estimate of drug-likeness (QED) is 0.808. The molecule has 0 aliphatic carbocycles. The second-order valence-electron chi connectivity index (χ2n) is 3.00. The van der Waals surface area contributed by atoms with Crippen molar-refractivity contribution in [2.75, 3.05) is 5.75 Å². The summed E-state index contributed by atoms with van der Waals surface area (Å²) in [7, 11) is 0. The molecule has 0 bridgehead atoms. The first kappa shape index (κ1) is 10.7. The molecule has 5 nitrogen and oxygen atoms in total. The van der Waals surface area contributed by atoms with Gasteiger partial charge in [-0.1, -0.05) is 47.3 Å². The van der Waals surface area contributed by atoms with E-state index in [9.17, 15) is 4.79 Å². The summed E-state index contributed by atoms with van der Waals surface area (Å²) in [4.78, 5) is 14.7. The Morgan fingerprint density at radius 2 is 2.12 bits per heavy atom. The van der Waals surface area contributed by atoms with Crippen molar-refractivity contribution >= 4 is 17.7 Å². The Morgan fingerprint density at radius 3 is 2.81 bits per heavy atom. The molecule has 0 spiro atoms. The van der Waals surface area contributed by atoms with Crippen LogP contribution in [0, 0.1) is 0 Å². The smallest absolute Gasteiger partial charge is 0.286 e. The molecule has 0 saturated heterocycles. The minimum Gasteiger partial charge on any atom is -0.369 e. The van der Waals surface area contributed by atoms with Crippen molar-refractivity contribution in [1.29, 1.82) is 0 Å². The van der Waals surface area contributed by atoms with E-state index in [2.05, 4.69) is 10.1 Å². The molecule has 0 unspecified atom stereocenters. The molecule has 0 saturated carbocycles. The van der Waals surface area contributed by atoms with Crippen molar-refractivity contribution in [3.05, 3.63) is 30.3 Å². The van der Waals surface area contributed by atoms with Gasteiger partial charge in [-0.3, -0.25) is 4.79 Å². The molecule has 0 atom stereocenters. The van der Waals surface area contributed by atoms with Crippen LogP contribution in [0.1, 0.15) is 0 Å². The fourth-order valence-corrected chi connectivity index (χ4v) is 1.61. The van der Waals surface area contributed by atoms with Gasteiger partial charge in [0.2, 0.25) is 11.7 Å². The van der Waals surface area contributed by atoms with Crippen LogP contribution < -0.4 is 5.73 Å². The number of carbonyl (C=O) groups excluding carboxylic acids is 1. The normalized spacial score (nSPS) is 10.2. The molecule has 0 aliphatic heterocycles. The lowest BCUT2D eigenvalue weighted by Gasteiger charge is -1.90. The van der Waals surface area contributed by atoms with Crippen LogP contribution in [-0.4, -0.2) is 21.8 Å². The molecule has 0 aliphatic rings.